The fraction of sp³-hybridized carbons (Fsp3) is 0. The molecule has 4 N–H and O–H groups in total. The predicted octanol–water partition coefficient (Wildman–Crippen LogP) is 3.50. The summed E-state index contributed by atoms with van der Waals surface area (Å²) in [6, 6.07) is 21.7. The fourth-order valence-corrected chi connectivity index (χ4v) is 3.56. The second kappa shape index (κ2) is 6.45. The Morgan fingerprint density at radius 1 is 0.724 bits per heavy atom. The van der Waals surface area contributed by atoms with Gasteiger partial charge in [-0.1, -0.05) is 36.4 Å². The Kier molecular flexibility index (Phi) is 3.77. The third kappa shape index (κ3) is 2.78. The third-order valence-corrected chi connectivity index (χ3v) is 4.95. The van der Waals surface area contributed by atoms with Gasteiger partial charge in [0, 0.05) is 22.4 Å². The minimum atomic E-state index is -0.431. The van der Waals surface area contributed by atoms with Gasteiger partial charge in [0.05, 0.1) is 17.1 Å². The van der Waals surface area contributed by atoms with Crippen molar-refractivity contribution in [3.05, 3.63) is 95.1 Å². The Bertz CT molecular complexity index is 1240. The summed E-state index contributed by atoms with van der Waals surface area (Å²) < 4.78 is 0. The highest BCUT2D eigenvalue weighted by molar-refractivity contribution is 6.38. The predicted molar refractivity (Wildman–Crippen MR) is 113 cm³/mol. The fourth-order valence-electron chi connectivity index (χ4n) is 3.56. The van der Waals surface area contributed by atoms with Gasteiger partial charge in [-0.2, -0.15) is 0 Å². The molecule has 5 rings (SSSR count). The van der Waals surface area contributed by atoms with Crippen molar-refractivity contribution in [3.63, 3.8) is 0 Å². The van der Waals surface area contributed by atoms with Crippen LogP contribution in [0.3, 0.4) is 0 Å². The molecule has 0 bridgehead atoms. The molecule has 0 atom stereocenters. The Morgan fingerprint density at radius 2 is 1.38 bits per heavy atom. The van der Waals surface area contributed by atoms with Gasteiger partial charge in [-0.15, -0.1) is 0 Å². The van der Waals surface area contributed by atoms with E-state index in [1.807, 2.05) is 36.4 Å². The van der Waals surface area contributed by atoms with Gasteiger partial charge >= 0.3 is 0 Å². The smallest absolute Gasteiger partial charge is 0.261 e. The molecule has 0 radical (unpaired) electrons. The molecule has 2 aliphatic rings. The zero-order chi connectivity index (χ0) is 20.0. The van der Waals surface area contributed by atoms with Crippen molar-refractivity contribution in [3.8, 4) is 0 Å². The molecule has 0 spiro atoms. The van der Waals surface area contributed by atoms with Gasteiger partial charge in [0.1, 0.15) is 11.4 Å². The van der Waals surface area contributed by atoms with Gasteiger partial charge in [-0.05, 0) is 36.4 Å². The van der Waals surface area contributed by atoms with Crippen molar-refractivity contribution in [1.82, 2.24) is 5.32 Å². The third-order valence-electron chi connectivity index (χ3n) is 4.95. The molecule has 0 aromatic heterocycles. The Hall–Kier alpha value is -4.19. The standard InChI is InChI=1S/C23H16N4O2/c24-13-9-11-14(12-10-13)25-22-16-6-2-1-5-15(16)20(27-22)19-21(28)17-7-3-4-8-18(17)26-23(19)29/h1-12H,24H2,(H,25,27)(H,26,29)/b20-19+. The number of amides is 1. The van der Waals surface area contributed by atoms with Crippen molar-refractivity contribution in [2.24, 2.45) is 4.99 Å². The highest BCUT2D eigenvalue weighted by atomic mass is 16.2. The highest BCUT2D eigenvalue weighted by Gasteiger charge is 2.35. The van der Waals surface area contributed by atoms with Gasteiger partial charge in [-0.25, -0.2) is 4.99 Å². The summed E-state index contributed by atoms with van der Waals surface area (Å²) >= 11 is 0. The number of para-hydroxylation sites is 1. The number of benzene rings is 3. The van der Waals surface area contributed by atoms with E-state index in [0.29, 0.717) is 34.2 Å². The maximum atomic E-state index is 13.1. The number of fused-ring (bicyclic) bond motifs is 2. The van der Waals surface area contributed by atoms with E-state index in [1.54, 1.807) is 36.4 Å². The Labute approximate surface area is 166 Å². The summed E-state index contributed by atoms with van der Waals surface area (Å²) in [6.07, 6.45) is 0. The number of nitrogen functional groups attached to an aromatic ring is 1. The molecule has 6 nitrogen and oxygen atoms in total. The number of hydrogen-bond donors (Lipinski definition) is 3. The van der Waals surface area contributed by atoms with E-state index in [1.165, 1.54) is 0 Å². The SMILES string of the molecule is Nc1ccc(/N=C2\N/C(=C3/C(=O)Nc4ccccc4C3=O)c3ccccc32)cc1. The van der Waals surface area contributed by atoms with E-state index in [9.17, 15) is 9.59 Å². The number of nitrogens with two attached hydrogens (primary N) is 1. The lowest BCUT2D eigenvalue weighted by molar-refractivity contribution is -0.112. The zero-order valence-corrected chi connectivity index (χ0v) is 15.3. The number of rotatable bonds is 1. The second-order valence-corrected chi connectivity index (χ2v) is 6.80. The van der Waals surface area contributed by atoms with Crippen LogP contribution in [0.15, 0.2) is 83.4 Å². The zero-order valence-electron chi connectivity index (χ0n) is 15.3. The first kappa shape index (κ1) is 16.9. The minimum absolute atomic E-state index is 0.0821. The van der Waals surface area contributed by atoms with Crippen molar-refractivity contribution >= 4 is 40.3 Å². The van der Waals surface area contributed by atoms with Crippen molar-refractivity contribution < 1.29 is 9.59 Å². The maximum Gasteiger partial charge on any atom is 0.261 e. The van der Waals surface area contributed by atoms with E-state index in [4.69, 9.17) is 5.73 Å². The van der Waals surface area contributed by atoms with E-state index >= 15 is 0 Å². The van der Waals surface area contributed by atoms with Crippen LogP contribution in [0.1, 0.15) is 21.5 Å². The molecule has 29 heavy (non-hydrogen) atoms. The van der Waals surface area contributed by atoms with Crippen molar-refractivity contribution in [1.29, 1.82) is 0 Å². The number of anilines is 2. The van der Waals surface area contributed by atoms with E-state index in [2.05, 4.69) is 15.6 Å². The van der Waals surface area contributed by atoms with Crippen LogP contribution in [0.4, 0.5) is 17.1 Å². The Morgan fingerprint density at radius 3 is 2.14 bits per heavy atom. The summed E-state index contributed by atoms with van der Waals surface area (Å²) in [7, 11) is 0. The van der Waals surface area contributed by atoms with Crippen molar-refractivity contribution in [2.75, 3.05) is 11.1 Å². The van der Waals surface area contributed by atoms with Crippen LogP contribution in [0.5, 0.6) is 0 Å². The largest absolute Gasteiger partial charge is 0.399 e. The normalized spacial score (nSPS) is 18.8. The van der Waals surface area contributed by atoms with E-state index in [-0.39, 0.29) is 11.4 Å². The summed E-state index contributed by atoms with van der Waals surface area (Å²) in [5.41, 5.74) is 10.2. The lowest BCUT2D eigenvalue weighted by atomic mass is 9.93. The van der Waals surface area contributed by atoms with Crippen LogP contribution < -0.4 is 16.4 Å². The molecule has 140 valence electrons. The average molecular weight is 380 g/mol. The first-order chi connectivity index (χ1) is 14.1. The van der Waals surface area contributed by atoms with Crippen LogP contribution >= 0.6 is 0 Å². The Balaban J connectivity index is 1.66. The molecule has 0 aliphatic carbocycles. The molecule has 1 amide bonds. The average Bonchev–Trinajstić information content (AvgIpc) is 3.08. The first-order valence-corrected chi connectivity index (χ1v) is 9.12. The molecule has 0 fully saturated rings. The molecular weight excluding hydrogens is 364 g/mol. The van der Waals surface area contributed by atoms with Crippen LogP contribution in [0.2, 0.25) is 0 Å². The number of carbonyl (C=O) groups is 2. The molecule has 3 aromatic carbocycles. The lowest BCUT2D eigenvalue weighted by Gasteiger charge is -2.19. The van der Waals surface area contributed by atoms with E-state index in [0.717, 1.165) is 11.1 Å². The van der Waals surface area contributed by atoms with Gasteiger partial charge in [0.2, 0.25) is 5.78 Å². The van der Waals surface area contributed by atoms with Gasteiger partial charge in [0.15, 0.2) is 0 Å². The number of nitrogens with zero attached hydrogens (tertiary/aromatic N) is 1. The second-order valence-electron chi connectivity index (χ2n) is 6.80. The molecular formula is C23H16N4O2. The van der Waals surface area contributed by atoms with Gasteiger partial charge in [-0.3, -0.25) is 9.59 Å². The molecule has 0 unspecified atom stereocenters. The monoisotopic (exact) mass is 380 g/mol. The van der Waals surface area contributed by atoms with Crippen LogP contribution in [0.25, 0.3) is 5.70 Å². The first-order valence-electron chi connectivity index (χ1n) is 9.12. The number of carbonyl (C=O) groups excluding carboxylic acids is 2. The molecule has 2 aliphatic heterocycles. The van der Waals surface area contributed by atoms with Crippen LogP contribution in [-0.4, -0.2) is 17.5 Å². The number of aliphatic imine (C=N–C) groups is 1. The summed E-state index contributed by atoms with van der Waals surface area (Å²) in [5.74, 6) is -0.164. The van der Waals surface area contributed by atoms with Crippen molar-refractivity contribution in [2.45, 2.75) is 0 Å². The van der Waals surface area contributed by atoms with Crippen LogP contribution in [-0.2, 0) is 4.79 Å². The number of amidine groups is 1. The minimum Gasteiger partial charge on any atom is -0.399 e. The van der Waals surface area contributed by atoms with Crippen LogP contribution in [0, 0.1) is 0 Å². The number of hydrogen-bond acceptors (Lipinski definition) is 4. The molecule has 6 heteroatoms. The van der Waals surface area contributed by atoms with Gasteiger partial charge < -0.3 is 16.4 Å². The molecule has 0 saturated heterocycles. The quantitative estimate of drug-likeness (QED) is 0.342. The van der Waals surface area contributed by atoms with E-state index < -0.39 is 5.91 Å². The molecule has 0 saturated carbocycles. The highest BCUT2D eigenvalue weighted by Crippen LogP contribution is 2.34. The summed E-state index contributed by atoms with van der Waals surface area (Å²) in [6.45, 7) is 0. The summed E-state index contributed by atoms with van der Waals surface area (Å²) in [4.78, 5) is 30.5. The number of ketones is 1. The topological polar surface area (TPSA) is 96.6 Å². The molecule has 2 heterocycles. The summed E-state index contributed by atoms with van der Waals surface area (Å²) in [5, 5.41) is 6.01. The van der Waals surface area contributed by atoms with Gasteiger partial charge in [0.25, 0.3) is 5.91 Å². The lowest BCUT2D eigenvalue weighted by Crippen LogP contribution is -2.30. The molecule has 3 aromatic rings. The maximum absolute atomic E-state index is 13.1. The number of nitrogens with one attached hydrogen (secondary N) is 2. The number of Topliss-reactive ketones (excluding diaryl/α,β-unsaturated/α-hetero) is 1.